The molecule has 3 amide bonds. The van der Waals surface area contributed by atoms with E-state index in [1.807, 2.05) is 30.4 Å². The summed E-state index contributed by atoms with van der Waals surface area (Å²) in [6.45, 7) is 0. The van der Waals surface area contributed by atoms with Crippen molar-refractivity contribution in [2.75, 3.05) is 0 Å². The van der Waals surface area contributed by atoms with Crippen LogP contribution in [-0.2, 0) is 15.6 Å². The third kappa shape index (κ3) is 1.31. The van der Waals surface area contributed by atoms with Gasteiger partial charge < -0.3 is 4.90 Å². The zero-order valence-electron chi connectivity index (χ0n) is 11.5. The van der Waals surface area contributed by atoms with E-state index in [0.29, 0.717) is 16.2 Å². The number of benzene rings is 1. The summed E-state index contributed by atoms with van der Waals surface area (Å²) in [5.74, 6) is -0.0732. The number of carbonyl (C=O) groups excluding carboxylic acids is 2. The molecule has 1 unspecified atom stereocenters. The lowest BCUT2D eigenvalue weighted by Crippen LogP contribution is -2.38. The summed E-state index contributed by atoms with van der Waals surface area (Å²) < 4.78 is 12.2. The maximum absolute atomic E-state index is 12.8. The smallest absolute Gasteiger partial charge is 0.305 e. The van der Waals surface area contributed by atoms with Crippen LogP contribution in [-0.4, -0.2) is 38.0 Å². The van der Waals surface area contributed by atoms with Crippen LogP contribution in [0.25, 0.3) is 5.70 Å². The van der Waals surface area contributed by atoms with Gasteiger partial charge in [0.25, 0.3) is 5.91 Å². The van der Waals surface area contributed by atoms with Crippen molar-refractivity contribution < 1.29 is 13.8 Å². The van der Waals surface area contributed by atoms with Gasteiger partial charge in [0, 0.05) is 16.9 Å². The number of carbonyl (C=O) groups is 2. The summed E-state index contributed by atoms with van der Waals surface area (Å²) in [6, 6.07) is 6.57. The van der Waals surface area contributed by atoms with Gasteiger partial charge in [-0.25, -0.2) is 13.9 Å². The lowest BCUT2D eigenvalue weighted by Gasteiger charge is -2.22. The number of imide groups is 1. The third-order valence-electron chi connectivity index (χ3n) is 4.88. The van der Waals surface area contributed by atoms with Crippen LogP contribution in [0.15, 0.2) is 46.7 Å². The molecule has 0 aromatic heterocycles. The Morgan fingerprint density at radius 2 is 1.95 bits per heavy atom. The largest absolute Gasteiger partial charge is 0.332 e. The van der Waals surface area contributed by atoms with Crippen LogP contribution in [0.4, 0.5) is 4.79 Å². The number of amides is 3. The standard InChI is InChI=1S/C16H12N2O3S/c19-15-14-9-5-6-10(7-9)17(14)16(20)18(15)12-8-22(21)13-4-2-1-3-11(12)13/h1-6,8-10,14H,7H2/t9-,10+,14-,22?/m1/s1. The summed E-state index contributed by atoms with van der Waals surface area (Å²) in [5, 5.41) is 1.51. The number of hydrogen-bond acceptors (Lipinski definition) is 3. The Morgan fingerprint density at radius 3 is 2.77 bits per heavy atom. The maximum atomic E-state index is 12.8. The van der Waals surface area contributed by atoms with E-state index in [2.05, 4.69) is 0 Å². The van der Waals surface area contributed by atoms with Crippen molar-refractivity contribution in [1.82, 2.24) is 9.80 Å². The Morgan fingerprint density at radius 1 is 1.14 bits per heavy atom. The van der Waals surface area contributed by atoms with Crippen LogP contribution in [0, 0.1) is 5.92 Å². The Hall–Kier alpha value is -2.21. The summed E-state index contributed by atoms with van der Waals surface area (Å²) >= 11 is 0. The van der Waals surface area contributed by atoms with Crippen molar-refractivity contribution in [3.05, 3.63) is 47.4 Å². The van der Waals surface area contributed by atoms with Gasteiger partial charge in [-0.15, -0.1) is 0 Å². The average Bonchev–Trinajstić information content (AvgIpc) is 3.25. The molecule has 2 bridgehead atoms. The van der Waals surface area contributed by atoms with E-state index in [0.717, 1.165) is 6.42 Å². The summed E-state index contributed by atoms with van der Waals surface area (Å²) in [6.07, 6.45) is 4.89. The van der Waals surface area contributed by atoms with Crippen molar-refractivity contribution in [2.45, 2.75) is 23.4 Å². The quantitative estimate of drug-likeness (QED) is 0.586. The highest BCUT2D eigenvalue weighted by Crippen LogP contribution is 2.45. The van der Waals surface area contributed by atoms with E-state index >= 15 is 0 Å². The van der Waals surface area contributed by atoms with Gasteiger partial charge in [0.15, 0.2) is 0 Å². The van der Waals surface area contributed by atoms with Crippen LogP contribution in [0.5, 0.6) is 0 Å². The predicted octanol–water partition coefficient (Wildman–Crippen LogP) is 1.70. The molecule has 1 aromatic rings. The summed E-state index contributed by atoms with van der Waals surface area (Å²) in [4.78, 5) is 29.1. The highest BCUT2D eigenvalue weighted by molar-refractivity contribution is 7.88. The Kier molecular flexibility index (Phi) is 2.22. The lowest BCUT2D eigenvalue weighted by molar-refractivity contribution is -0.126. The van der Waals surface area contributed by atoms with Crippen LogP contribution < -0.4 is 0 Å². The molecule has 0 saturated carbocycles. The van der Waals surface area contributed by atoms with Crippen molar-refractivity contribution in [1.29, 1.82) is 0 Å². The molecule has 3 heterocycles. The van der Waals surface area contributed by atoms with E-state index in [1.165, 1.54) is 10.3 Å². The Labute approximate surface area is 129 Å². The molecule has 4 atom stereocenters. The number of rotatable bonds is 1. The van der Waals surface area contributed by atoms with Crippen molar-refractivity contribution in [3.8, 4) is 0 Å². The predicted molar refractivity (Wildman–Crippen MR) is 79.7 cm³/mol. The fourth-order valence-corrected chi connectivity index (χ4v) is 5.11. The molecule has 5 nitrogen and oxygen atoms in total. The highest BCUT2D eigenvalue weighted by Gasteiger charge is 2.58. The van der Waals surface area contributed by atoms with Gasteiger partial charge in [-0.2, -0.15) is 0 Å². The van der Waals surface area contributed by atoms with E-state index in [-0.39, 0.29) is 29.9 Å². The Balaban J connectivity index is 1.61. The van der Waals surface area contributed by atoms with Crippen LogP contribution in [0.2, 0.25) is 0 Å². The SMILES string of the molecule is O=C1[C@H]2[C@@H]3C=C[C@@H](C3)N2C(=O)N1C1=CS(=O)c2ccccc21. The number of fused-ring (bicyclic) bond motifs is 6. The number of urea groups is 1. The first-order chi connectivity index (χ1) is 10.7. The van der Waals surface area contributed by atoms with E-state index in [4.69, 9.17) is 0 Å². The summed E-state index contributed by atoms with van der Waals surface area (Å²) in [5.41, 5.74) is 1.18. The molecule has 1 aromatic carbocycles. The highest BCUT2D eigenvalue weighted by atomic mass is 32.2. The van der Waals surface area contributed by atoms with E-state index in [1.54, 1.807) is 11.0 Å². The molecule has 2 saturated heterocycles. The van der Waals surface area contributed by atoms with Crippen LogP contribution in [0.1, 0.15) is 12.0 Å². The zero-order chi connectivity index (χ0) is 15.0. The minimum absolute atomic E-state index is 0.0270. The molecule has 4 aliphatic rings. The third-order valence-corrected chi connectivity index (χ3v) is 6.11. The average molecular weight is 312 g/mol. The van der Waals surface area contributed by atoms with Gasteiger partial charge in [0.05, 0.1) is 27.4 Å². The first kappa shape index (κ1) is 12.3. The topological polar surface area (TPSA) is 57.7 Å². The van der Waals surface area contributed by atoms with E-state index in [9.17, 15) is 13.8 Å². The molecule has 2 fully saturated rings. The minimum Gasteiger partial charge on any atom is -0.305 e. The van der Waals surface area contributed by atoms with Gasteiger partial charge in [-0.1, -0.05) is 30.4 Å². The lowest BCUT2D eigenvalue weighted by atomic mass is 10.0. The number of nitrogens with zero attached hydrogens (tertiary/aromatic N) is 2. The first-order valence-electron chi connectivity index (χ1n) is 7.23. The first-order valence-corrected chi connectivity index (χ1v) is 8.44. The molecule has 5 rings (SSSR count). The fourth-order valence-electron chi connectivity index (χ4n) is 3.94. The maximum Gasteiger partial charge on any atom is 0.332 e. The van der Waals surface area contributed by atoms with Crippen molar-refractivity contribution in [3.63, 3.8) is 0 Å². The van der Waals surface area contributed by atoms with Gasteiger partial charge in [0.1, 0.15) is 6.04 Å². The molecule has 110 valence electrons. The second-order valence-electron chi connectivity index (χ2n) is 5.96. The molecule has 0 radical (unpaired) electrons. The van der Waals surface area contributed by atoms with E-state index < -0.39 is 10.8 Å². The fraction of sp³-hybridized carbons (Fsp3) is 0.250. The van der Waals surface area contributed by atoms with Gasteiger partial charge in [-0.05, 0) is 12.5 Å². The van der Waals surface area contributed by atoms with Crippen LogP contribution in [0.3, 0.4) is 0 Å². The normalized spacial score (nSPS) is 34.5. The van der Waals surface area contributed by atoms with Crippen LogP contribution >= 0.6 is 0 Å². The summed E-state index contributed by atoms with van der Waals surface area (Å²) in [7, 11) is -1.30. The van der Waals surface area contributed by atoms with Gasteiger partial charge in [-0.3, -0.25) is 4.79 Å². The Bertz CT molecular complexity index is 798. The number of hydrogen-bond donors (Lipinski definition) is 0. The molecule has 6 heteroatoms. The van der Waals surface area contributed by atoms with Crippen molar-refractivity contribution in [2.24, 2.45) is 5.92 Å². The van der Waals surface area contributed by atoms with Gasteiger partial charge >= 0.3 is 6.03 Å². The van der Waals surface area contributed by atoms with Gasteiger partial charge in [0.2, 0.25) is 0 Å². The second-order valence-corrected chi connectivity index (χ2v) is 7.23. The van der Waals surface area contributed by atoms with Crippen molar-refractivity contribution >= 4 is 28.4 Å². The molecule has 0 N–H and O–H groups in total. The molecular weight excluding hydrogens is 300 g/mol. The molecular formula is C16H12N2O3S. The molecule has 22 heavy (non-hydrogen) atoms. The molecule has 3 aliphatic heterocycles. The minimum atomic E-state index is -1.30. The molecule has 0 spiro atoms. The molecule has 1 aliphatic carbocycles. The monoisotopic (exact) mass is 312 g/mol. The zero-order valence-corrected chi connectivity index (χ0v) is 12.3. The second kappa shape index (κ2) is 3.95.